The van der Waals surface area contributed by atoms with Gasteiger partial charge in [-0.15, -0.1) is 0 Å². The minimum absolute atomic E-state index is 0.0160. The van der Waals surface area contributed by atoms with Crippen LogP contribution in [0.4, 0.5) is 24.8 Å². The van der Waals surface area contributed by atoms with E-state index in [4.69, 9.17) is 16.2 Å². The molecule has 11 heteroatoms. The van der Waals surface area contributed by atoms with Crippen LogP contribution in [0.25, 0.3) is 28.1 Å². The molecule has 0 amide bonds. The van der Waals surface area contributed by atoms with E-state index in [0.717, 1.165) is 0 Å². The maximum atomic E-state index is 14.2. The van der Waals surface area contributed by atoms with Crippen LogP contribution < -0.4 is 16.2 Å². The largest absolute Gasteiger partial charge is 0.459 e. The molecule has 5 rings (SSSR count). The van der Waals surface area contributed by atoms with Gasteiger partial charge in [-0.1, -0.05) is 48.5 Å². The van der Waals surface area contributed by atoms with E-state index in [-0.39, 0.29) is 34.5 Å². The molecule has 0 spiro atoms. The van der Waals surface area contributed by atoms with E-state index in [0.29, 0.717) is 22.4 Å². The van der Waals surface area contributed by atoms with Crippen molar-refractivity contribution in [3.05, 3.63) is 84.1 Å². The average molecular weight is 491 g/mol. The summed E-state index contributed by atoms with van der Waals surface area (Å²) in [6.07, 6.45) is -7.03. The summed E-state index contributed by atoms with van der Waals surface area (Å²) in [6, 6.07) is 19.4. The van der Waals surface area contributed by atoms with Gasteiger partial charge in [0.15, 0.2) is 11.5 Å². The van der Waals surface area contributed by atoms with E-state index >= 15 is 0 Å². The van der Waals surface area contributed by atoms with Gasteiger partial charge in [0.2, 0.25) is 12.0 Å². The molecule has 0 aliphatic carbocycles. The summed E-state index contributed by atoms with van der Waals surface area (Å²) in [5.74, 6) is -0.250. The first-order valence-corrected chi connectivity index (χ1v) is 10.9. The molecule has 0 saturated carbocycles. The van der Waals surface area contributed by atoms with E-state index < -0.39 is 12.3 Å². The minimum atomic E-state index is -4.74. The number of fused-ring (bicyclic) bond motifs is 1. The number of pyridine rings is 1. The highest BCUT2D eigenvalue weighted by molar-refractivity contribution is 5.86. The van der Waals surface area contributed by atoms with Gasteiger partial charge in [0.25, 0.3) is 0 Å². The van der Waals surface area contributed by atoms with Crippen LogP contribution in [0, 0.1) is 6.92 Å². The molecule has 3 heterocycles. The smallest absolute Gasteiger partial charge is 0.429 e. The van der Waals surface area contributed by atoms with Gasteiger partial charge in [-0.3, -0.25) is 0 Å². The molecule has 8 nitrogen and oxygen atoms in total. The van der Waals surface area contributed by atoms with Crippen molar-refractivity contribution in [2.24, 2.45) is 0 Å². The van der Waals surface area contributed by atoms with Crippen molar-refractivity contribution in [3.63, 3.8) is 0 Å². The molecule has 0 aliphatic heterocycles. The third-order valence-electron chi connectivity index (χ3n) is 5.44. The third-order valence-corrected chi connectivity index (χ3v) is 5.44. The Hall–Kier alpha value is -4.67. The zero-order valence-electron chi connectivity index (χ0n) is 18.9. The topological polar surface area (TPSA) is 118 Å². The molecule has 4 N–H and O–H groups in total. The standard InChI is InChI=1S/C25H20F3N7O/c1-14-17-12-18(22-31-19(29)13-20(30)32-22)24(33-23(17)35(34-14)16-10-6-3-7-11-16)36-21(25(26,27)28)15-8-4-2-5-9-15/h2-13,21H,1H3,(H4,29,30,31,32). The number of para-hydroxylation sites is 1. The zero-order chi connectivity index (χ0) is 25.4. The fourth-order valence-corrected chi connectivity index (χ4v) is 3.83. The lowest BCUT2D eigenvalue weighted by Crippen LogP contribution is -2.26. The third kappa shape index (κ3) is 4.38. The number of halogens is 3. The van der Waals surface area contributed by atoms with Crippen LogP contribution in [-0.2, 0) is 0 Å². The van der Waals surface area contributed by atoms with E-state index in [2.05, 4.69) is 20.1 Å². The summed E-state index contributed by atoms with van der Waals surface area (Å²) in [6.45, 7) is 1.77. The maximum absolute atomic E-state index is 14.2. The first-order chi connectivity index (χ1) is 17.2. The lowest BCUT2D eigenvalue weighted by molar-refractivity contribution is -0.198. The highest BCUT2D eigenvalue weighted by Crippen LogP contribution is 2.40. The number of nitrogens with two attached hydrogens (primary N) is 2. The molecule has 3 aromatic heterocycles. The number of benzene rings is 2. The fraction of sp³-hybridized carbons (Fsp3) is 0.120. The van der Waals surface area contributed by atoms with Crippen molar-refractivity contribution in [2.45, 2.75) is 19.2 Å². The van der Waals surface area contributed by atoms with Crippen LogP contribution in [0.15, 0.2) is 72.8 Å². The molecule has 0 saturated heterocycles. The number of alkyl halides is 3. The van der Waals surface area contributed by atoms with Gasteiger partial charge in [0, 0.05) is 17.0 Å². The number of ether oxygens (including phenoxy) is 1. The van der Waals surface area contributed by atoms with Gasteiger partial charge in [-0.25, -0.2) is 14.6 Å². The van der Waals surface area contributed by atoms with Crippen LogP contribution >= 0.6 is 0 Å². The Bertz CT molecular complexity index is 1520. The normalized spacial score (nSPS) is 12.6. The van der Waals surface area contributed by atoms with E-state index in [9.17, 15) is 13.2 Å². The summed E-state index contributed by atoms with van der Waals surface area (Å²) in [5.41, 5.74) is 13.3. The second kappa shape index (κ2) is 8.84. The summed E-state index contributed by atoms with van der Waals surface area (Å²) >= 11 is 0. The molecule has 1 unspecified atom stereocenters. The highest BCUT2D eigenvalue weighted by Gasteiger charge is 2.44. The molecule has 182 valence electrons. The van der Waals surface area contributed by atoms with Crippen LogP contribution in [0.3, 0.4) is 0 Å². The minimum Gasteiger partial charge on any atom is -0.459 e. The number of hydrogen-bond acceptors (Lipinski definition) is 7. The van der Waals surface area contributed by atoms with Crippen LogP contribution in [0.5, 0.6) is 5.88 Å². The molecular formula is C25H20F3N7O. The van der Waals surface area contributed by atoms with Crippen molar-refractivity contribution >= 4 is 22.7 Å². The first-order valence-electron chi connectivity index (χ1n) is 10.9. The van der Waals surface area contributed by atoms with Crippen molar-refractivity contribution in [2.75, 3.05) is 11.5 Å². The molecule has 0 radical (unpaired) electrons. The number of aromatic nitrogens is 5. The monoisotopic (exact) mass is 491 g/mol. The molecule has 2 aromatic carbocycles. The predicted molar refractivity (Wildman–Crippen MR) is 129 cm³/mol. The van der Waals surface area contributed by atoms with Crippen molar-refractivity contribution in [1.29, 1.82) is 0 Å². The highest BCUT2D eigenvalue weighted by atomic mass is 19.4. The number of hydrogen-bond donors (Lipinski definition) is 2. The van der Waals surface area contributed by atoms with Gasteiger partial charge in [-0.2, -0.15) is 23.3 Å². The van der Waals surface area contributed by atoms with Gasteiger partial charge >= 0.3 is 6.18 Å². The first kappa shape index (κ1) is 23.1. The molecule has 1 atom stereocenters. The van der Waals surface area contributed by atoms with Gasteiger partial charge < -0.3 is 16.2 Å². The summed E-state index contributed by atoms with van der Waals surface area (Å²) in [7, 11) is 0. The molecule has 5 aromatic rings. The SMILES string of the molecule is Cc1nn(-c2ccccc2)c2nc(OC(c3ccccc3)C(F)(F)F)c(-c3nc(N)cc(N)n3)cc12. The Morgan fingerprint density at radius 1 is 0.861 bits per heavy atom. The second-order valence-electron chi connectivity index (χ2n) is 8.04. The van der Waals surface area contributed by atoms with Crippen LogP contribution in [0.2, 0.25) is 0 Å². The summed E-state index contributed by atoms with van der Waals surface area (Å²) < 4.78 is 49.7. The molecule has 36 heavy (non-hydrogen) atoms. The number of aryl methyl sites for hydroxylation is 1. The Balaban J connectivity index is 1.76. The Morgan fingerprint density at radius 3 is 2.08 bits per heavy atom. The zero-order valence-corrected chi connectivity index (χ0v) is 18.9. The van der Waals surface area contributed by atoms with Crippen molar-refractivity contribution < 1.29 is 17.9 Å². The van der Waals surface area contributed by atoms with Gasteiger partial charge in [-0.05, 0) is 25.1 Å². The van der Waals surface area contributed by atoms with Crippen molar-refractivity contribution in [1.82, 2.24) is 24.7 Å². The maximum Gasteiger partial charge on any atom is 0.429 e. The average Bonchev–Trinajstić information content (AvgIpc) is 3.17. The van der Waals surface area contributed by atoms with Gasteiger partial charge in [0.05, 0.1) is 16.9 Å². The fourth-order valence-electron chi connectivity index (χ4n) is 3.83. The number of rotatable bonds is 5. The second-order valence-corrected chi connectivity index (χ2v) is 8.04. The molecule has 0 bridgehead atoms. The molecular weight excluding hydrogens is 471 g/mol. The molecule has 0 aliphatic rings. The summed E-state index contributed by atoms with van der Waals surface area (Å²) in [4.78, 5) is 12.8. The van der Waals surface area contributed by atoms with E-state index in [1.807, 2.05) is 30.3 Å². The lowest BCUT2D eigenvalue weighted by Gasteiger charge is -2.23. The van der Waals surface area contributed by atoms with Crippen LogP contribution in [-0.4, -0.2) is 30.9 Å². The number of nitrogens with zero attached hydrogens (tertiary/aromatic N) is 5. The quantitative estimate of drug-likeness (QED) is 0.354. The van der Waals surface area contributed by atoms with E-state index in [1.54, 1.807) is 23.7 Å². The van der Waals surface area contributed by atoms with Gasteiger partial charge in [0.1, 0.15) is 11.6 Å². The van der Waals surface area contributed by atoms with Crippen LogP contribution in [0.1, 0.15) is 17.4 Å². The van der Waals surface area contributed by atoms with Crippen molar-refractivity contribution in [3.8, 4) is 23.0 Å². The molecule has 0 fully saturated rings. The number of nitrogen functional groups attached to an aromatic ring is 2. The number of anilines is 2. The van der Waals surface area contributed by atoms with E-state index in [1.165, 1.54) is 30.3 Å². The Kier molecular flexibility index (Phi) is 5.67. The predicted octanol–water partition coefficient (Wildman–Crippen LogP) is 5.03. The summed E-state index contributed by atoms with van der Waals surface area (Å²) in [5, 5.41) is 5.12. The Labute approximate surface area is 203 Å². The lowest BCUT2D eigenvalue weighted by atomic mass is 10.1. The Morgan fingerprint density at radius 2 is 1.47 bits per heavy atom.